The molecular formula is C22H21N5O3S. The molecule has 8 nitrogen and oxygen atoms in total. The van der Waals surface area contributed by atoms with Gasteiger partial charge in [0.1, 0.15) is 0 Å². The van der Waals surface area contributed by atoms with Crippen molar-refractivity contribution >= 4 is 15.9 Å². The number of aromatic nitrogens is 2. The van der Waals surface area contributed by atoms with E-state index >= 15 is 0 Å². The van der Waals surface area contributed by atoms with E-state index < -0.39 is 10.0 Å². The third-order valence-corrected chi connectivity index (χ3v) is 7.04. The molecule has 3 aromatic rings. The number of hydrogen-bond donors (Lipinski definition) is 0. The van der Waals surface area contributed by atoms with Gasteiger partial charge >= 0.3 is 0 Å². The molecule has 158 valence electrons. The molecule has 1 amide bonds. The van der Waals surface area contributed by atoms with Crippen molar-refractivity contribution in [3.8, 4) is 6.07 Å². The Morgan fingerprint density at radius 1 is 1.03 bits per heavy atom. The number of carbonyl (C=O) groups excluding carboxylic acids is 1. The minimum Gasteiger partial charge on any atom is -0.336 e. The van der Waals surface area contributed by atoms with Crippen molar-refractivity contribution in [3.05, 3.63) is 83.9 Å². The SMILES string of the molecule is N#Cc1ccc(CN2CCN(S(=O)(=O)c3cccc(Cn4ccnc4)c3)CC2=O)cc1. The van der Waals surface area contributed by atoms with Gasteiger partial charge in [0.25, 0.3) is 0 Å². The zero-order valence-corrected chi connectivity index (χ0v) is 17.6. The first kappa shape index (κ1) is 20.8. The number of carbonyl (C=O) groups is 1. The van der Waals surface area contributed by atoms with E-state index in [4.69, 9.17) is 5.26 Å². The van der Waals surface area contributed by atoms with Crippen molar-refractivity contribution in [3.63, 3.8) is 0 Å². The van der Waals surface area contributed by atoms with E-state index in [-0.39, 0.29) is 23.9 Å². The number of imidazole rings is 1. The number of hydrogen-bond acceptors (Lipinski definition) is 5. The Balaban J connectivity index is 1.44. The van der Waals surface area contributed by atoms with Crippen LogP contribution in [0.5, 0.6) is 0 Å². The number of nitrogens with zero attached hydrogens (tertiary/aromatic N) is 5. The Morgan fingerprint density at radius 2 is 1.84 bits per heavy atom. The van der Waals surface area contributed by atoms with Gasteiger partial charge in [-0.15, -0.1) is 0 Å². The molecule has 9 heteroatoms. The summed E-state index contributed by atoms with van der Waals surface area (Å²) in [6.07, 6.45) is 5.16. The summed E-state index contributed by atoms with van der Waals surface area (Å²) in [5, 5.41) is 8.89. The monoisotopic (exact) mass is 435 g/mol. The van der Waals surface area contributed by atoms with Crippen molar-refractivity contribution in [2.75, 3.05) is 19.6 Å². The minimum absolute atomic E-state index is 0.179. The van der Waals surface area contributed by atoms with Gasteiger partial charge in [0.2, 0.25) is 15.9 Å². The molecule has 1 saturated heterocycles. The Labute approximate surface area is 181 Å². The average molecular weight is 436 g/mol. The van der Waals surface area contributed by atoms with Gasteiger partial charge in [-0.3, -0.25) is 4.79 Å². The number of nitriles is 1. The Hall–Kier alpha value is -3.48. The summed E-state index contributed by atoms with van der Waals surface area (Å²) in [4.78, 5) is 18.5. The summed E-state index contributed by atoms with van der Waals surface area (Å²) in [6, 6.07) is 15.9. The van der Waals surface area contributed by atoms with Crippen LogP contribution in [0.3, 0.4) is 0 Å². The largest absolute Gasteiger partial charge is 0.336 e. The fourth-order valence-electron chi connectivity index (χ4n) is 3.51. The molecule has 1 aromatic heterocycles. The fourth-order valence-corrected chi connectivity index (χ4v) is 4.96. The summed E-state index contributed by atoms with van der Waals surface area (Å²) in [6.45, 7) is 1.26. The molecule has 31 heavy (non-hydrogen) atoms. The summed E-state index contributed by atoms with van der Waals surface area (Å²) in [5.74, 6) is -0.242. The Bertz CT molecular complexity index is 1210. The van der Waals surface area contributed by atoms with E-state index in [0.717, 1.165) is 11.1 Å². The van der Waals surface area contributed by atoms with Crippen LogP contribution in [0.4, 0.5) is 0 Å². The van der Waals surface area contributed by atoms with Crippen LogP contribution in [-0.4, -0.2) is 52.7 Å². The van der Waals surface area contributed by atoms with E-state index in [1.165, 1.54) is 4.31 Å². The molecule has 1 aliphatic rings. The quantitative estimate of drug-likeness (QED) is 0.588. The van der Waals surface area contributed by atoms with Gasteiger partial charge in [0.15, 0.2) is 0 Å². The van der Waals surface area contributed by atoms with Gasteiger partial charge in [0, 0.05) is 38.6 Å². The highest BCUT2D eigenvalue weighted by atomic mass is 32.2. The second-order valence-electron chi connectivity index (χ2n) is 7.35. The van der Waals surface area contributed by atoms with Crippen molar-refractivity contribution in [1.29, 1.82) is 5.26 Å². The molecule has 0 radical (unpaired) electrons. The van der Waals surface area contributed by atoms with E-state index in [9.17, 15) is 13.2 Å². The predicted molar refractivity (Wildman–Crippen MR) is 113 cm³/mol. The van der Waals surface area contributed by atoms with Crippen LogP contribution in [0.15, 0.2) is 72.1 Å². The lowest BCUT2D eigenvalue weighted by molar-refractivity contribution is -0.134. The molecule has 0 bridgehead atoms. The molecule has 1 fully saturated rings. The zero-order valence-electron chi connectivity index (χ0n) is 16.8. The maximum absolute atomic E-state index is 13.1. The summed E-state index contributed by atoms with van der Waals surface area (Å²) in [5.41, 5.74) is 2.29. The number of benzene rings is 2. The van der Waals surface area contributed by atoms with Crippen molar-refractivity contribution in [1.82, 2.24) is 18.8 Å². The molecule has 0 N–H and O–H groups in total. The van der Waals surface area contributed by atoms with Crippen molar-refractivity contribution in [2.24, 2.45) is 0 Å². The Morgan fingerprint density at radius 3 is 2.52 bits per heavy atom. The van der Waals surface area contributed by atoms with Gasteiger partial charge in [-0.25, -0.2) is 13.4 Å². The van der Waals surface area contributed by atoms with Gasteiger partial charge in [-0.2, -0.15) is 9.57 Å². The summed E-state index contributed by atoms with van der Waals surface area (Å²) >= 11 is 0. The molecule has 2 heterocycles. The smallest absolute Gasteiger partial charge is 0.243 e. The molecule has 0 atom stereocenters. The maximum Gasteiger partial charge on any atom is 0.243 e. The molecule has 0 saturated carbocycles. The fraction of sp³-hybridized carbons (Fsp3) is 0.227. The molecular weight excluding hydrogens is 414 g/mol. The van der Waals surface area contributed by atoms with Crippen LogP contribution in [0.25, 0.3) is 0 Å². The van der Waals surface area contributed by atoms with Crippen LogP contribution in [0.2, 0.25) is 0 Å². The third-order valence-electron chi connectivity index (χ3n) is 5.20. The first-order chi connectivity index (χ1) is 15.0. The van der Waals surface area contributed by atoms with Gasteiger partial charge < -0.3 is 9.47 Å². The molecule has 4 rings (SSSR count). The highest BCUT2D eigenvalue weighted by Crippen LogP contribution is 2.21. The van der Waals surface area contributed by atoms with E-state index in [1.54, 1.807) is 59.9 Å². The zero-order chi connectivity index (χ0) is 21.8. The normalized spacial score (nSPS) is 15.1. The van der Waals surface area contributed by atoms with Crippen LogP contribution < -0.4 is 0 Å². The molecule has 2 aromatic carbocycles. The van der Waals surface area contributed by atoms with E-state index in [2.05, 4.69) is 11.1 Å². The van der Waals surface area contributed by atoms with Crippen LogP contribution in [-0.2, 0) is 27.9 Å². The second kappa shape index (κ2) is 8.71. The lowest BCUT2D eigenvalue weighted by Gasteiger charge is -2.33. The summed E-state index contributed by atoms with van der Waals surface area (Å²) < 4.78 is 29.4. The molecule has 1 aliphatic heterocycles. The highest BCUT2D eigenvalue weighted by Gasteiger charge is 2.32. The maximum atomic E-state index is 13.1. The summed E-state index contributed by atoms with van der Waals surface area (Å²) in [7, 11) is -3.78. The topological polar surface area (TPSA) is 99.3 Å². The first-order valence-electron chi connectivity index (χ1n) is 9.77. The highest BCUT2D eigenvalue weighted by molar-refractivity contribution is 7.89. The molecule has 0 spiro atoms. The van der Waals surface area contributed by atoms with Crippen LogP contribution in [0, 0.1) is 11.3 Å². The van der Waals surface area contributed by atoms with Gasteiger partial charge in [-0.1, -0.05) is 24.3 Å². The van der Waals surface area contributed by atoms with Gasteiger partial charge in [0.05, 0.1) is 29.4 Å². The van der Waals surface area contributed by atoms with Gasteiger partial charge in [-0.05, 0) is 35.4 Å². The third kappa shape index (κ3) is 4.66. The van der Waals surface area contributed by atoms with E-state index in [1.807, 2.05) is 16.8 Å². The van der Waals surface area contributed by atoms with E-state index in [0.29, 0.717) is 25.2 Å². The molecule has 0 aliphatic carbocycles. The standard InChI is InChI=1S/C22H21N5O3S/c23-13-18-4-6-19(7-5-18)15-26-10-11-27(16-22(26)28)31(29,30)21-3-1-2-20(12-21)14-25-9-8-24-17-25/h1-9,12,17H,10-11,14-16H2. The number of amides is 1. The average Bonchev–Trinajstić information content (AvgIpc) is 3.29. The number of piperazine rings is 1. The number of rotatable bonds is 6. The Kier molecular flexibility index (Phi) is 5.84. The van der Waals surface area contributed by atoms with Crippen molar-refractivity contribution in [2.45, 2.75) is 18.0 Å². The number of sulfonamides is 1. The second-order valence-corrected chi connectivity index (χ2v) is 9.28. The lowest BCUT2D eigenvalue weighted by atomic mass is 10.1. The predicted octanol–water partition coefficient (Wildman–Crippen LogP) is 1.84. The van der Waals surface area contributed by atoms with Crippen LogP contribution >= 0.6 is 0 Å². The van der Waals surface area contributed by atoms with Crippen LogP contribution in [0.1, 0.15) is 16.7 Å². The van der Waals surface area contributed by atoms with Crippen molar-refractivity contribution < 1.29 is 13.2 Å². The lowest BCUT2D eigenvalue weighted by Crippen LogP contribution is -2.51. The molecule has 0 unspecified atom stereocenters. The minimum atomic E-state index is -3.78. The first-order valence-corrected chi connectivity index (χ1v) is 11.2.